The molecule has 3 aromatic heterocycles. The number of esters is 1. The van der Waals surface area contributed by atoms with Gasteiger partial charge in [0.15, 0.2) is 5.11 Å². The highest BCUT2D eigenvalue weighted by atomic mass is 32.1. The third-order valence-corrected chi connectivity index (χ3v) is 9.13. The zero-order chi connectivity index (χ0) is 29.3. The number of pyridine rings is 1. The molecular weight excluding hydrogens is 564 g/mol. The lowest BCUT2D eigenvalue weighted by Crippen LogP contribution is -2.50. The van der Waals surface area contributed by atoms with E-state index < -0.39 is 11.4 Å². The third-order valence-electron chi connectivity index (χ3n) is 7.60. The van der Waals surface area contributed by atoms with E-state index in [9.17, 15) is 19.5 Å². The number of aromatic carboxylic acids is 1. The standard InChI is InChI=1S/C28H34N6O5S2/c1-4-12-39-26(38)21-17-7-6-16(3)13-20(17)41-24(21)31-28(40)34-10-8-33(9-11-34)27-29-14-18-22(35)19(25(36)37)15-32(5-2)23(18)30-27/h14-16H,4-13H2,1-3H3,(H,31,40)(H,36,37)/t16-/m0/s1. The van der Waals surface area contributed by atoms with E-state index >= 15 is 0 Å². The molecule has 3 aromatic rings. The number of hydrogen-bond donors (Lipinski definition) is 2. The number of fused-ring (bicyclic) bond motifs is 2. The first kappa shape index (κ1) is 28.9. The third kappa shape index (κ3) is 5.78. The molecule has 0 amide bonds. The summed E-state index contributed by atoms with van der Waals surface area (Å²) in [6.45, 7) is 9.35. The highest BCUT2D eigenvalue weighted by Gasteiger charge is 2.30. The second-order valence-corrected chi connectivity index (χ2v) is 12.0. The topological polar surface area (TPSA) is 130 Å². The van der Waals surface area contributed by atoms with E-state index in [0.717, 1.165) is 36.2 Å². The van der Waals surface area contributed by atoms with Crippen LogP contribution in [0.15, 0.2) is 17.2 Å². The molecule has 41 heavy (non-hydrogen) atoms. The number of carboxylic acids is 1. The Labute approximate surface area is 247 Å². The molecule has 2 N–H and O–H groups in total. The second kappa shape index (κ2) is 12.1. The number of aryl methyl sites for hydroxylation is 1. The number of anilines is 2. The Balaban J connectivity index is 1.30. The van der Waals surface area contributed by atoms with E-state index in [0.29, 0.717) is 67.5 Å². The van der Waals surface area contributed by atoms with Gasteiger partial charge in [-0.1, -0.05) is 13.8 Å². The number of carboxylic acid groups (broad SMARTS) is 1. The largest absolute Gasteiger partial charge is 0.477 e. The van der Waals surface area contributed by atoms with Crippen molar-refractivity contribution < 1.29 is 19.4 Å². The van der Waals surface area contributed by atoms with E-state index in [-0.39, 0.29) is 16.9 Å². The van der Waals surface area contributed by atoms with Crippen LogP contribution in [0.3, 0.4) is 0 Å². The summed E-state index contributed by atoms with van der Waals surface area (Å²) in [7, 11) is 0. The molecule has 0 saturated carbocycles. The first-order valence-corrected chi connectivity index (χ1v) is 15.2. The Morgan fingerprint density at radius 2 is 2.00 bits per heavy atom. The van der Waals surface area contributed by atoms with Gasteiger partial charge in [-0.05, 0) is 56.3 Å². The average Bonchev–Trinajstić information content (AvgIpc) is 3.32. The van der Waals surface area contributed by atoms with Gasteiger partial charge in [0.1, 0.15) is 16.2 Å². The predicted molar refractivity (Wildman–Crippen MR) is 163 cm³/mol. The van der Waals surface area contributed by atoms with Gasteiger partial charge in [0.25, 0.3) is 0 Å². The summed E-state index contributed by atoms with van der Waals surface area (Å²) in [5, 5.41) is 14.3. The maximum atomic E-state index is 13.0. The van der Waals surface area contributed by atoms with Crippen molar-refractivity contribution in [2.75, 3.05) is 43.0 Å². The molecule has 1 aliphatic heterocycles. The number of thiocarbonyl (C=S) groups is 1. The summed E-state index contributed by atoms with van der Waals surface area (Å²) in [6.07, 6.45) is 6.39. The predicted octanol–water partition coefficient (Wildman–Crippen LogP) is 3.78. The zero-order valence-corrected chi connectivity index (χ0v) is 25.1. The van der Waals surface area contributed by atoms with Gasteiger partial charge in [-0.2, -0.15) is 4.98 Å². The summed E-state index contributed by atoms with van der Waals surface area (Å²) >= 11 is 7.39. The molecule has 0 bridgehead atoms. The lowest BCUT2D eigenvalue weighted by atomic mass is 9.88. The molecule has 1 atom stereocenters. The maximum absolute atomic E-state index is 13.0. The number of aromatic nitrogens is 3. The van der Waals surface area contributed by atoms with Crippen molar-refractivity contribution >= 4 is 62.6 Å². The Morgan fingerprint density at radius 1 is 1.24 bits per heavy atom. The number of hydrogen-bond acceptors (Lipinski definition) is 9. The smallest absolute Gasteiger partial charge is 0.341 e. The Kier molecular flexibility index (Phi) is 8.55. The number of thiophene rings is 1. The van der Waals surface area contributed by atoms with Crippen molar-refractivity contribution in [2.24, 2.45) is 5.92 Å². The molecule has 0 spiro atoms. The first-order valence-electron chi connectivity index (χ1n) is 14.0. The first-order chi connectivity index (χ1) is 19.7. The van der Waals surface area contributed by atoms with Gasteiger partial charge in [-0.25, -0.2) is 14.6 Å². The summed E-state index contributed by atoms with van der Waals surface area (Å²) < 4.78 is 7.19. The van der Waals surface area contributed by atoms with Crippen molar-refractivity contribution in [1.29, 1.82) is 0 Å². The lowest BCUT2D eigenvalue weighted by molar-refractivity contribution is 0.0504. The van der Waals surface area contributed by atoms with Crippen molar-refractivity contribution in [1.82, 2.24) is 19.4 Å². The highest BCUT2D eigenvalue weighted by molar-refractivity contribution is 7.80. The van der Waals surface area contributed by atoms with Crippen LogP contribution in [0.25, 0.3) is 11.0 Å². The Bertz CT molecular complexity index is 1560. The van der Waals surface area contributed by atoms with Gasteiger partial charge < -0.3 is 29.5 Å². The number of carbonyl (C=O) groups excluding carboxylic acids is 1. The molecule has 2 aliphatic rings. The van der Waals surface area contributed by atoms with Gasteiger partial charge in [0.2, 0.25) is 11.4 Å². The van der Waals surface area contributed by atoms with Crippen LogP contribution in [0.4, 0.5) is 10.9 Å². The number of carbonyl (C=O) groups is 2. The number of rotatable bonds is 7. The van der Waals surface area contributed by atoms with Crippen LogP contribution < -0.4 is 15.6 Å². The van der Waals surface area contributed by atoms with Crippen LogP contribution >= 0.6 is 23.6 Å². The number of piperazine rings is 1. The van der Waals surface area contributed by atoms with Crippen LogP contribution in [0.2, 0.25) is 0 Å². The van der Waals surface area contributed by atoms with Crippen LogP contribution in [0.1, 0.15) is 64.8 Å². The van der Waals surface area contributed by atoms with Gasteiger partial charge in [0, 0.05) is 50.0 Å². The van der Waals surface area contributed by atoms with Gasteiger partial charge in [0.05, 0.1) is 17.6 Å². The van der Waals surface area contributed by atoms with Crippen molar-refractivity contribution in [3.05, 3.63) is 44.2 Å². The summed E-state index contributed by atoms with van der Waals surface area (Å²) in [4.78, 5) is 51.5. The lowest BCUT2D eigenvalue weighted by Gasteiger charge is -2.36. The number of ether oxygens (including phenoxy) is 1. The van der Waals surface area contributed by atoms with Gasteiger partial charge >= 0.3 is 11.9 Å². The van der Waals surface area contributed by atoms with Crippen LogP contribution in [-0.2, 0) is 24.1 Å². The Morgan fingerprint density at radius 3 is 2.68 bits per heavy atom. The molecule has 0 aromatic carbocycles. The van der Waals surface area contributed by atoms with Crippen LogP contribution in [0, 0.1) is 5.92 Å². The van der Waals surface area contributed by atoms with Gasteiger partial charge in [-0.15, -0.1) is 11.3 Å². The quantitative estimate of drug-likeness (QED) is 0.304. The number of nitrogens with one attached hydrogen (secondary N) is 1. The van der Waals surface area contributed by atoms with E-state index in [2.05, 4.69) is 27.1 Å². The molecule has 0 radical (unpaired) electrons. The van der Waals surface area contributed by atoms with Crippen molar-refractivity contribution in [2.45, 2.75) is 53.0 Å². The molecule has 13 heteroatoms. The maximum Gasteiger partial charge on any atom is 0.341 e. The fourth-order valence-electron chi connectivity index (χ4n) is 5.32. The molecule has 1 saturated heterocycles. The minimum atomic E-state index is -1.27. The monoisotopic (exact) mass is 598 g/mol. The molecule has 0 unspecified atom stereocenters. The normalized spacial score (nSPS) is 16.9. The van der Waals surface area contributed by atoms with Crippen LogP contribution in [-0.4, -0.2) is 74.4 Å². The minimum absolute atomic E-state index is 0.181. The average molecular weight is 599 g/mol. The van der Waals surface area contributed by atoms with Gasteiger partial charge in [-0.3, -0.25) is 4.79 Å². The highest BCUT2D eigenvalue weighted by Crippen LogP contribution is 2.40. The van der Waals surface area contributed by atoms with Crippen LogP contribution in [0.5, 0.6) is 0 Å². The summed E-state index contributed by atoms with van der Waals surface area (Å²) in [5.74, 6) is -0.506. The van der Waals surface area contributed by atoms with E-state index in [1.54, 1.807) is 15.9 Å². The van der Waals surface area contributed by atoms with Crippen molar-refractivity contribution in [3.8, 4) is 0 Å². The molecule has 4 heterocycles. The minimum Gasteiger partial charge on any atom is -0.477 e. The SMILES string of the molecule is CCCOC(=O)c1c(NC(=S)N2CCN(c3ncc4c(=O)c(C(=O)O)cn(CC)c4n3)CC2)sc2c1CC[C@H](C)C2. The fraction of sp³-hybridized carbons (Fsp3) is 0.500. The molecule has 218 valence electrons. The molecule has 11 nitrogen and oxygen atoms in total. The van der Waals surface area contributed by atoms with E-state index in [1.807, 2.05) is 18.7 Å². The molecule has 1 aliphatic carbocycles. The summed E-state index contributed by atoms with van der Waals surface area (Å²) in [6, 6.07) is 0. The molecular formula is C28H34N6O5S2. The van der Waals surface area contributed by atoms with E-state index in [4.69, 9.17) is 17.0 Å². The second-order valence-electron chi connectivity index (χ2n) is 10.5. The molecule has 5 rings (SSSR count). The number of nitrogens with zero attached hydrogens (tertiary/aromatic N) is 5. The molecule has 1 fully saturated rings. The van der Waals surface area contributed by atoms with Crippen molar-refractivity contribution in [3.63, 3.8) is 0 Å². The Hall–Kier alpha value is -3.58. The fourth-order valence-corrected chi connectivity index (χ4v) is 7.06. The zero-order valence-electron chi connectivity index (χ0n) is 23.4. The summed E-state index contributed by atoms with van der Waals surface area (Å²) in [5.41, 5.74) is 1.24. The van der Waals surface area contributed by atoms with E-state index in [1.165, 1.54) is 17.3 Å².